The molecule has 0 aliphatic heterocycles. The van der Waals surface area contributed by atoms with Crippen LogP contribution in [0.25, 0.3) is 0 Å². The number of terminal acetylenes is 1. The Balaban J connectivity index is 2.28. The highest BCUT2D eigenvalue weighted by molar-refractivity contribution is 5.78. The normalized spacial score (nSPS) is 14.3. The molecule has 1 aliphatic rings. The smallest absolute Gasteiger partial charge is 0.234 e. The minimum Gasteiger partial charge on any atom is -0.344 e. The van der Waals surface area contributed by atoms with Gasteiger partial charge in [-0.05, 0) is 12.8 Å². The molecule has 15 heavy (non-hydrogen) atoms. The fraction of sp³-hybridized carbons (Fsp3) is 0.636. The molecule has 0 unspecified atom stereocenters. The Hall–Kier alpha value is -1.52. The predicted molar refractivity (Wildman–Crippen MR) is 56.7 cm³/mol. The molecule has 0 atom stereocenters. The third-order valence-electron chi connectivity index (χ3n) is 2.31. The molecule has 1 aliphatic carbocycles. The molecule has 80 valence electrons. The van der Waals surface area contributed by atoms with Crippen molar-refractivity contribution in [2.75, 3.05) is 19.6 Å². The summed E-state index contributed by atoms with van der Waals surface area (Å²) in [6.07, 6.45) is 7.78. The molecular formula is C11H15N3O. The largest absolute Gasteiger partial charge is 0.344 e. The van der Waals surface area contributed by atoms with E-state index in [-0.39, 0.29) is 12.5 Å². The van der Waals surface area contributed by atoms with Crippen molar-refractivity contribution < 1.29 is 4.79 Å². The van der Waals surface area contributed by atoms with Crippen LogP contribution in [0.2, 0.25) is 0 Å². The lowest BCUT2D eigenvalue weighted by atomic mass is 10.3. The van der Waals surface area contributed by atoms with E-state index in [0.29, 0.717) is 25.6 Å². The van der Waals surface area contributed by atoms with Crippen molar-refractivity contribution >= 4 is 5.91 Å². The second-order valence-electron chi connectivity index (χ2n) is 3.59. The van der Waals surface area contributed by atoms with E-state index in [1.165, 1.54) is 0 Å². The van der Waals surface area contributed by atoms with Crippen LogP contribution in [0.3, 0.4) is 0 Å². The van der Waals surface area contributed by atoms with Crippen molar-refractivity contribution in [2.45, 2.75) is 25.3 Å². The SMILES string of the molecule is C#CCNC(=O)CN(CCC#N)C1CC1. The van der Waals surface area contributed by atoms with Crippen molar-refractivity contribution in [3.05, 3.63) is 0 Å². The number of hydrogen-bond acceptors (Lipinski definition) is 3. The van der Waals surface area contributed by atoms with Crippen molar-refractivity contribution in [1.82, 2.24) is 10.2 Å². The number of nitriles is 1. The minimum atomic E-state index is -0.0576. The van der Waals surface area contributed by atoms with Gasteiger partial charge in [0, 0.05) is 19.0 Å². The average molecular weight is 205 g/mol. The lowest BCUT2D eigenvalue weighted by Crippen LogP contribution is -2.39. The van der Waals surface area contributed by atoms with Crippen LogP contribution in [-0.2, 0) is 4.79 Å². The molecule has 1 rings (SSSR count). The summed E-state index contributed by atoms with van der Waals surface area (Å²) in [4.78, 5) is 13.4. The van der Waals surface area contributed by atoms with Gasteiger partial charge in [-0.2, -0.15) is 5.26 Å². The standard InChI is InChI=1S/C11H15N3O/c1-2-7-13-11(15)9-14(8-3-6-12)10-4-5-10/h1,10H,3-5,7-9H2,(H,13,15). The summed E-state index contributed by atoms with van der Waals surface area (Å²) in [5.74, 6) is 2.30. The number of nitrogens with one attached hydrogen (secondary N) is 1. The van der Waals surface area contributed by atoms with E-state index in [1.54, 1.807) is 0 Å². The van der Waals surface area contributed by atoms with E-state index < -0.39 is 0 Å². The molecule has 4 nitrogen and oxygen atoms in total. The minimum absolute atomic E-state index is 0.0576. The van der Waals surface area contributed by atoms with Crippen molar-refractivity contribution in [2.24, 2.45) is 0 Å². The lowest BCUT2D eigenvalue weighted by molar-refractivity contribution is -0.122. The zero-order valence-corrected chi connectivity index (χ0v) is 8.70. The molecule has 0 saturated heterocycles. The molecular weight excluding hydrogens is 190 g/mol. The van der Waals surface area contributed by atoms with Gasteiger partial charge < -0.3 is 5.32 Å². The monoisotopic (exact) mass is 205 g/mol. The second-order valence-corrected chi connectivity index (χ2v) is 3.59. The van der Waals surface area contributed by atoms with Crippen LogP contribution < -0.4 is 5.32 Å². The highest BCUT2D eigenvalue weighted by Crippen LogP contribution is 2.26. The fourth-order valence-electron chi connectivity index (χ4n) is 1.41. The molecule has 0 heterocycles. The maximum Gasteiger partial charge on any atom is 0.234 e. The molecule has 1 amide bonds. The van der Waals surface area contributed by atoms with E-state index >= 15 is 0 Å². The van der Waals surface area contributed by atoms with Crippen LogP contribution >= 0.6 is 0 Å². The number of hydrogen-bond donors (Lipinski definition) is 1. The summed E-state index contributed by atoms with van der Waals surface area (Å²) < 4.78 is 0. The summed E-state index contributed by atoms with van der Waals surface area (Å²) in [5, 5.41) is 11.1. The summed E-state index contributed by atoms with van der Waals surface area (Å²) in [6, 6.07) is 2.59. The van der Waals surface area contributed by atoms with E-state index in [1.807, 2.05) is 0 Å². The maximum atomic E-state index is 11.4. The summed E-state index contributed by atoms with van der Waals surface area (Å²) in [6.45, 7) is 1.30. The van der Waals surface area contributed by atoms with Crippen molar-refractivity contribution in [3.63, 3.8) is 0 Å². The van der Waals surface area contributed by atoms with Crippen LogP contribution in [-0.4, -0.2) is 36.5 Å². The van der Waals surface area contributed by atoms with Gasteiger partial charge in [0.1, 0.15) is 0 Å². The van der Waals surface area contributed by atoms with Gasteiger partial charge in [-0.25, -0.2) is 0 Å². The molecule has 0 aromatic carbocycles. The molecule has 4 heteroatoms. The molecule has 0 aromatic rings. The first-order chi connectivity index (χ1) is 7.27. The van der Waals surface area contributed by atoms with E-state index in [0.717, 1.165) is 12.8 Å². The highest BCUT2D eigenvalue weighted by atomic mass is 16.2. The van der Waals surface area contributed by atoms with Gasteiger partial charge in [0.25, 0.3) is 0 Å². The van der Waals surface area contributed by atoms with Crippen LogP contribution in [0.4, 0.5) is 0 Å². The number of carbonyl (C=O) groups excluding carboxylic acids is 1. The van der Waals surface area contributed by atoms with E-state index in [4.69, 9.17) is 11.7 Å². The molecule has 1 fully saturated rings. The lowest BCUT2D eigenvalue weighted by Gasteiger charge is -2.19. The second kappa shape index (κ2) is 6.06. The van der Waals surface area contributed by atoms with E-state index in [2.05, 4.69) is 22.2 Å². The Kier molecular flexibility index (Phi) is 4.66. The Morgan fingerprint density at radius 2 is 2.33 bits per heavy atom. The van der Waals surface area contributed by atoms with Gasteiger partial charge in [0.05, 0.1) is 19.2 Å². The van der Waals surface area contributed by atoms with Gasteiger partial charge in [-0.1, -0.05) is 5.92 Å². The average Bonchev–Trinajstić information content (AvgIpc) is 3.04. The topological polar surface area (TPSA) is 56.1 Å². The van der Waals surface area contributed by atoms with Crippen LogP contribution in [0, 0.1) is 23.7 Å². The van der Waals surface area contributed by atoms with Crippen LogP contribution in [0.15, 0.2) is 0 Å². The Morgan fingerprint density at radius 3 is 2.87 bits per heavy atom. The molecule has 0 bridgehead atoms. The van der Waals surface area contributed by atoms with Crippen LogP contribution in [0.5, 0.6) is 0 Å². The van der Waals surface area contributed by atoms with Gasteiger partial charge >= 0.3 is 0 Å². The number of rotatable bonds is 6. The number of amides is 1. The predicted octanol–water partition coefficient (Wildman–Crippen LogP) is 0.114. The quantitative estimate of drug-likeness (QED) is 0.626. The highest BCUT2D eigenvalue weighted by Gasteiger charge is 2.29. The summed E-state index contributed by atoms with van der Waals surface area (Å²) in [7, 11) is 0. The molecule has 1 N–H and O–H groups in total. The Bertz CT molecular complexity index is 296. The first-order valence-electron chi connectivity index (χ1n) is 5.09. The van der Waals surface area contributed by atoms with Crippen molar-refractivity contribution in [3.8, 4) is 18.4 Å². The van der Waals surface area contributed by atoms with Crippen molar-refractivity contribution in [1.29, 1.82) is 5.26 Å². The van der Waals surface area contributed by atoms with Gasteiger partial charge in [-0.3, -0.25) is 9.69 Å². The fourth-order valence-corrected chi connectivity index (χ4v) is 1.41. The van der Waals surface area contributed by atoms with Crippen LogP contribution in [0.1, 0.15) is 19.3 Å². The van der Waals surface area contributed by atoms with E-state index in [9.17, 15) is 4.79 Å². The zero-order chi connectivity index (χ0) is 11.1. The third-order valence-corrected chi connectivity index (χ3v) is 2.31. The molecule has 0 spiro atoms. The zero-order valence-electron chi connectivity index (χ0n) is 8.70. The summed E-state index contributed by atoms with van der Waals surface area (Å²) >= 11 is 0. The number of carbonyl (C=O) groups is 1. The summed E-state index contributed by atoms with van der Waals surface area (Å²) in [5.41, 5.74) is 0. The molecule has 0 aromatic heterocycles. The molecule has 0 radical (unpaired) electrons. The number of nitrogens with zero attached hydrogens (tertiary/aromatic N) is 2. The Labute approximate surface area is 90.2 Å². The maximum absolute atomic E-state index is 11.4. The Morgan fingerprint density at radius 1 is 1.60 bits per heavy atom. The third kappa shape index (κ3) is 4.49. The van der Waals surface area contributed by atoms with Gasteiger partial charge in [0.15, 0.2) is 0 Å². The first-order valence-corrected chi connectivity index (χ1v) is 5.09. The molecule has 1 saturated carbocycles. The van der Waals surface area contributed by atoms with Gasteiger partial charge in [-0.15, -0.1) is 6.42 Å². The first kappa shape index (κ1) is 11.6. The van der Waals surface area contributed by atoms with Gasteiger partial charge in [0.2, 0.25) is 5.91 Å².